The Morgan fingerprint density at radius 2 is 0.950 bits per heavy atom. The molecule has 0 bridgehead atoms. The predicted octanol–water partition coefficient (Wildman–Crippen LogP) is 5.23. The third kappa shape index (κ3) is 3.92. The van der Waals surface area contributed by atoms with Crippen LogP contribution in [0.15, 0.2) is 58.7 Å². The van der Waals surface area contributed by atoms with Crippen LogP contribution in [0, 0.1) is 0 Å². The van der Waals surface area contributed by atoms with Crippen LogP contribution >= 0.6 is 23.2 Å². The van der Waals surface area contributed by atoms with Gasteiger partial charge in [-0.25, -0.2) is 0 Å². The van der Waals surface area contributed by atoms with Gasteiger partial charge >= 0.3 is 0 Å². The Morgan fingerprint density at radius 3 is 1.25 bits per heavy atom. The van der Waals surface area contributed by atoms with E-state index >= 15 is 0 Å². The molecule has 0 N–H and O–H groups in total. The van der Waals surface area contributed by atoms with E-state index in [0.29, 0.717) is 10.0 Å². The average Bonchev–Trinajstić information content (AvgIpc) is 2.46. The molecule has 0 saturated carbocycles. The molecule has 0 unspecified atom stereocenters. The van der Waals surface area contributed by atoms with Crippen LogP contribution < -0.4 is 0 Å². The van der Waals surface area contributed by atoms with Gasteiger partial charge < -0.3 is 0 Å². The first kappa shape index (κ1) is 14.8. The van der Waals surface area contributed by atoms with Gasteiger partial charge in [0.1, 0.15) is 0 Å². The second-order valence-corrected chi connectivity index (χ2v) is 5.26. The zero-order valence-corrected chi connectivity index (χ0v) is 12.8. The maximum absolute atomic E-state index is 5.86. The van der Waals surface area contributed by atoms with Crippen molar-refractivity contribution in [3.8, 4) is 0 Å². The lowest BCUT2D eigenvalue weighted by molar-refractivity contribution is 1.22. The van der Waals surface area contributed by atoms with E-state index in [9.17, 15) is 0 Å². The Labute approximate surface area is 128 Å². The number of nitrogens with zero attached hydrogens (tertiary/aromatic N) is 2. The van der Waals surface area contributed by atoms with Crippen molar-refractivity contribution in [3.63, 3.8) is 0 Å². The van der Waals surface area contributed by atoms with Crippen LogP contribution in [0.5, 0.6) is 0 Å². The predicted molar refractivity (Wildman–Crippen MR) is 87.3 cm³/mol. The van der Waals surface area contributed by atoms with Crippen molar-refractivity contribution in [2.24, 2.45) is 10.2 Å². The molecule has 102 valence electrons. The largest absolute Gasteiger partial charge is 0.155 e. The molecule has 0 heterocycles. The van der Waals surface area contributed by atoms with Crippen molar-refractivity contribution in [2.45, 2.75) is 13.8 Å². The molecule has 4 heteroatoms. The van der Waals surface area contributed by atoms with Crippen molar-refractivity contribution >= 4 is 34.6 Å². The molecule has 0 saturated heterocycles. The summed E-state index contributed by atoms with van der Waals surface area (Å²) in [6, 6.07) is 15.1. The lowest BCUT2D eigenvalue weighted by Gasteiger charge is -2.01. The summed E-state index contributed by atoms with van der Waals surface area (Å²) in [4.78, 5) is 0. The molecule has 0 atom stereocenters. The van der Waals surface area contributed by atoms with Gasteiger partial charge in [-0.1, -0.05) is 47.5 Å². The molecule has 0 fully saturated rings. The third-order valence-corrected chi connectivity index (χ3v) is 3.38. The highest BCUT2D eigenvalue weighted by molar-refractivity contribution is 6.31. The third-order valence-electron chi connectivity index (χ3n) is 2.87. The number of halogens is 2. The highest BCUT2D eigenvalue weighted by atomic mass is 35.5. The molecule has 0 aliphatic heterocycles. The lowest BCUT2D eigenvalue weighted by atomic mass is 10.1. The first-order valence-corrected chi connectivity index (χ1v) is 6.92. The van der Waals surface area contributed by atoms with E-state index in [1.54, 1.807) is 0 Å². The Bertz CT molecular complexity index is 582. The molecule has 0 aromatic heterocycles. The minimum atomic E-state index is 0.711. The monoisotopic (exact) mass is 304 g/mol. The number of hydrogen-bond donors (Lipinski definition) is 0. The molecule has 0 radical (unpaired) electrons. The lowest BCUT2D eigenvalue weighted by Crippen LogP contribution is -1.96. The SMILES string of the molecule is C/C(=N/N=C(\C)c1ccc(Cl)cc1)c1ccc(Cl)cc1. The molecule has 20 heavy (non-hydrogen) atoms. The van der Waals surface area contributed by atoms with Crippen molar-refractivity contribution < 1.29 is 0 Å². The Kier molecular flexibility index (Phi) is 4.94. The van der Waals surface area contributed by atoms with Crippen LogP contribution in [0.1, 0.15) is 25.0 Å². The van der Waals surface area contributed by atoms with E-state index in [2.05, 4.69) is 10.2 Å². The van der Waals surface area contributed by atoms with Gasteiger partial charge in [-0.2, -0.15) is 10.2 Å². The summed E-state index contributed by atoms with van der Waals surface area (Å²) in [7, 11) is 0. The van der Waals surface area contributed by atoms with Crippen LogP contribution in [0.3, 0.4) is 0 Å². The van der Waals surface area contributed by atoms with E-state index in [1.165, 1.54) is 0 Å². The number of rotatable bonds is 3. The van der Waals surface area contributed by atoms with Crippen LogP contribution in [-0.4, -0.2) is 11.4 Å². The molecule has 2 nitrogen and oxygen atoms in total. The quantitative estimate of drug-likeness (QED) is 0.548. The second kappa shape index (κ2) is 6.69. The fourth-order valence-electron chi connectivity index (χ4n) is 1.65. The van der Waals surface area contributed by atoms with Gasteiger partial charge in [-0.05, 0) is 49.2 Å². The second-order valence-electron chi connectivity index (χ2n) is 4.38. The summed E-state index contributed by atoms with van der Waals surface area (Å²) in [5.41, 5.74) is 3.69. The molecule has 0 aliphatic carbocycles. The topological polar surface area (TPSA) is 24.7 Å². The van der Waals surface area contributed by atoms with E-state index in [0.717, 1.165) is 22.6 Å². The van der Waals surface area contributed by atoms with Crippen molar-refractivity contribution in [3.05, 3.63) is 69.7 Å². The van der Waals surface area contributed by atoms with Gasteiger partial charge in [0.25, 0.3) is 0 Å². The zero-order valence-electron chi connectivity index (χ0n) is 11.3. The fraction of sp³-hybridized carbons (Fsp3) is 0.125. The summed E-state index contributed by atoms with van der Waals surface area (Å²) < 4.78 is 0. The normalized spacial score (nSPS) is 12.6. The van der Waals surface area contributed by atoms with Gasteiger partial charge in [0, 0.05) is 10.0 Å². The van der Waals surface area contributed by atoms with Gasteiger partial charge in [0.2, 0.25) is 0 Å². The van der Waals surface area contributed by atoms with E-state index in [-0.39, 0.29) is 0 Å². The maximum atomic E-state index is 5.86. The summed E-state index contributed by atoms with van der Waals surface area (Å²) >= 11 is 11.7. The first-order valence-electron chi connectivity index (χ1n) is 6.17. The van der Waals surface area contributed by atoms with Gasteiger partial charge in [0.15, 0.2) is 0 Å². The van der Waals surface area contributed by atoms with E-state index in [4.69, 9.17) is 23.2 Å². The molecular formula is C16H14Cl2N2. The molecule has 0 amide bonds. The van der Waals surface area contributed by atoms with Crippen molar-refractivity contribution in [1.82, 2.24) is 0 Å². The Morgan fingerprint density at radius 1 is 0.650 bits per heavy atom. The highest BCUT2D eigenvalue weighted by Gasteiger charge is 1.99. The molecule has 2 aromatic carbocycles. The zero-order chi connectivity index (χ0) is 14.5. The minimum Gasteiger partial charge on any atom is -0.155 e. The molecule has 2 aromatic rings. The van der Waals surface area contributed by atoms with E-state index < -0.39 is 0 Å². The standard InChI is InChI=1S/C16H14Cl2N2/c1-11(13-3-7-15(17)8-4-13)19-20-12(2)14-5-9-16(18)10-6-14/h3-10H,1-2H3/b19-11-,20-12+. The van der Waals surface area contributed by atoms with E-state index in [1.807, 2.05) is 62.4 Å². The molecule has 0 spiro atoms. The Hall–Kier alpha value is -1.64. The molecule has 0 aliphatic rings. The number of benzene rings is 2. The molecular weight excluding hydrogens is 291 g/mol. The average molecular weight is 305 g/mol. The van der Waals surface area contributed by atoms with Gasteiger partial charge in [-0.3, -0.25) is 0 Å². The summed E-state index contributed by atoms with van der Waals surface area (Å²) in [6.45, 7) is 3.84. The summed E-state index contributed by atoms with van der Waals surface area (Å²) in [6.07, 6.45) is 0. The first-order chi connectivity index (χ1) is 9.56. The summed E-state index contributed by atoms with van der Waals surface area (Å²) in [5, 5.41) is 9.92. The van der Waals surface area contributed by atoms with Crippen molar-refractivity contribution in [1.29, 1.82) is 0 Å². The van der Waals surface area contributed by atoms with Crippen LogP contribution in [0.4, 0.5) is 0 Å². The fourth-order valence-corrected chi connectivity index (χ4v) is 1.90. The van der Waals surface area contributed by atoms with Crippen LogP contribution in [0.2, 0.25) is 10.0 Å². The number of hydrogen-bond acceptors (Lipinski definition) is 2. The Balaban J connectivity index is 2.19. The van der Waals surface area contributed by atoms with Crippen LogP contribution in [0.25, 0.3) is 0 Å². The molecule has 2 rings (SSSR count). The van der Waals surface area contributed by atoms with Gasteiger partial charge in [0.05, 0.1) is 11.4 Å². The summed E-state index contributed by atoms with van der Waals surface area (Å²) in [5.74, 6) is 0. The highest BCUT2D eigenvalue weighted by Crippen LogP contribution is 2.12. The van der Waals surface area contributed by atoms with Crippen molar-refractivity contribution in [2.75, 3.05) is 0 Å². The maximum Gasteiger partial charge on any atom is 0.0671 e. The van der Waals surface area contributed by atoms with Crippen LogP contribution in [-0.2, 0) is 0 Å². The smallest absolute Gasteiger partial charge is 0.0671 e. The van der Waals surface area contributed by atoms with Gasteiger partial charge in [-0.15, -0.1) is 0 Å². The minimum absolute atomic E-state index is 0.711.